The summed E-state index contributed by atoms with van der Waals surface area (Å²) in [5.74, 6) is 1.14. The fourth-order valence-electron chi connectivity index (χ4n) is 2.56. The summed E-state index contributed by atoms with van der Waals surface area (Å²) in [6.45, 7) is 7.07. The maximum atomic E-state index is 13.2. The minimum Gasteiger partial charge on any atom is -0.366 e. The van der Waals surface area contributed by atoms with Crippen LogP contribution in [-0.2, 0) is 12.0 Å². The molecular weight excluding hydrogens is 327 g/mol. The number of hydrogen-bond acceptors (Lipinski definition) is 4. The van der Waals surface area contributed by atoms with Crippen molar-refractivity contribution in [3.05, 3.63) is 77.9 Å². The van der Waals surface area contributed by atoms with Gasteiger partial charge in [0.25, 0.3) is 0 Å². The van der Waals surface area contributed by atoms with Gasteiger partial charge in [-0.2, -0.15) is 0 Å². The Morgan fingerprint density at radius 2 is 1.65 bits per heavy atom. The Morgan fingerprint density at radius 1 is 0.923 bits per heavy atom. The molecule has 5 heteroatoms. The van der Waals surface area contributed by atoms with Crippen LogP contribution in [0.1, 0.15) is 31.9 Å². The van der Waals surface area contributed by atoms with Crippen molar-refractivity contribution < 1.29 is 4.39 Å². The summed E-state index contributed by atoms with van der Waals surface area (Å²) in [5, 5.41) is 6.46. The first-order valence-electron chi connectivity index (χ1n) is 8.58. The molecule has 0 amide bonds. The van der Waals surface area contributed by atoms with Crippen molar-refractivity contribution in [1.29, 1.82) is 0 Å². The highest BCUT2D eigenvalue weighted by Gasteiger charge is 2.12. The van der Waals surface area contributed by atoms with E-state index >= 15 is 0 Å². The van der Waals surface area contributed by atoms with E-state index in [1.165, 1.54) is 24.0 Å². The van der Waals surface area contributed by atoms with Crippen LogP contribution < -0.4 is 10.6 Å². The van der Waals surface area contributed by atoms with Crippen molar-refractivity contribution in [2.45, 2.75) is 32.7 Å². The van der Waals surface area contributed by atoms with E-state index in [1.807, 2.05) is 24.3 Å². The lowest BCUT2D eigenvalue weighted by atomic mass is 9.87. The van der Waals surface area contributed by atoms with Crippen LogP contribution in [0.25, 0.3) is 0 Å². The summed E-state index contributed by atoms with van der Waals surface area (Å²) in [7, 11) is 0. The molecule has 0 saturated carbocycles. The standard InChI is InChI=1S/C21H23FN4/c1-21(2,3)16-7-9-18(10-8-16)26-20-12-19(24-14-25-20)23-13-15-5-4-6-17(22)11-15/h4-12,14H,13H2,1-3H3,(H2,23,24,25,26). The van der Waals surface area contributed by atoms with Gasteiger partial charge in [0.2, 0.25) is 0 Å². The molecule has 3 aromatic rings. The molecule has 0 aliphatic heterocycles. The Hall–Kier alpha value is -2.95. The normalized spacial score (nSPS) is 11.2. The summed E-state index contributed by atoms with van der Waals surface area (Å²) in [6.07, 6.45) is 1.50. The minimum atomic E-state index is -0.243. The Kier molecular flexibility index (Phi) is 5.16. The molecule has 0 bridgehead atoms. The second-order valence-electron chi connectivity index (χ2n) is 7.22. The van der Waals surface area contributed by atoms with Crippen LogP contribution in [-0.4, -0.2) is 9.97 Å². The van der Waals surface area contributed by atoms with Gasteiger partial charge in [0.1, 0.15) is 23.8 Å². The maximum Gasteiger partial charge on any atom is 0.135 e. The van der Waals surface area contributed by atoms with Gasteiger partial charge in [-0.1, -0.05) is 45.0 Å². The molecule has 2 N–H and O–H groups in total. The molecule has 0 saturated heterocycles. The molecule has 0 aliphatic carbocycles. The van der Waals surface area contributed by atoms with Gasteiger partial charge in [0.15, 0.2) is 0 Å². The summed E-state index contributed by atoms with van der Waals surface area (Å²) in [4.78, 5) is 8.46. The lowest BCUT2D eigenvalue weighted by Gasteiger charge is -2.19. The molecule has 0 radical (unpaired) electrons. The van der Waals surface area contributed by atoms with Crippen LogP contribution in [0.5, 0.6) is 0 Å². The van der Waals surface area contributed by atoms with Crippen LogP contribution in [0.3, 0.4) is 0 Å². The van der Waals surface area contributed by atoms with E-state index < -0.39 is 0 Å². The zero-order valence-corrected chi connectivity index (χ0v) is 15.3. The molecule has 4 nitrogen and oxygen atoms in total. The molecule has 3 rings (SSSR count). The highest BCUT2D eigenvalue weighted by molar-refractivity contribution is 5.59. The average molecular weight is 350 g/mol. The van der Waals surface area contributed by atoms with Crippen LogP contribution in [0.2, 0.25) is 0 Å². The third-order valence-corrected chi connectivity index (χ3v) is 4.05. The van der Waals surface area contributed by atoms with Crippen LogP contribution in [0.4, 0.5) is 21.7 Å². The van der Waals surface area contributed by atoms with Gasteiger partial charge in [0.05, 0.1) is 0 Å². The van der Waals surface area contributed by atoms with Crippen molar-refractivity contribution >= 4 is 17.3 Å². The Labute approximate surface area is 153 Å². The van der Waals surface area contributed by atoms with Crippen molar-refractivity contribution in [2.24, 2.45) is 0 Å². The van der Waals surface area contributed by atoms with E-state index in [9.17, 15) is 4.39 Å². The fraction of sp³-hybridized carbons (Fsp3) is 0.238. The van der Waals surface area contributed by atoms with Crippen LogP contribution in [0.15, 0.2) is 60.9 Å². The monoisotopic (exact) mass is 350 g/mol. The molecule has 1 heterocycles. The lowest BCUT2D eigenvalue weighted by molar-refractivity contribution is 0.590. The van der Waals surface area contributed by atoms with Gasteiger partial charge in [-0.15, -0.1) is 0 Å². The zero-order chi connectivity index (χ0) is 18.6. The Bertz CT molecular complexity index is 870. The summed E-state index contributed by atoms with van der Waals surface area (Å²) in [6, 6.07) is 16.7. The number of halogens is 1. The van der Waals surface area contributed by atoms with E-state index in [0.29, 0.717) is 18.2 Å². The molecule has 0 aliphatic rings. The molecule has 134 valence electrons. The molecular formula is C21H23FN4. The van der Waals surface area contributed by atoms with Crippen LogP contribution in [0, 0.1) is 5.82 Å². The number of rotatable bonds is 5. The molecule has 26 heavy (non-hydrogen) atoms. The number of nitrogens with zero attached hydrogens (tertiary/aromatic N) is 2. The quantitative estimate of drug-likeness (QED) is 0.658. The highest BCUT2D eigenvalue weighted by atomic mass is 19.1. The lowest BCUT2D eigenvalue weighted by Crippen LogP contribution is -2.10. The third-order valence-electron chi connectivity index (χ3n) is 4.05. The number of hydrogen-bond donors (Lipinski definition) is 2. The van der Waals surface area contributed by atoms with Crippen molar-refractivity contribution in [1.82, 2.24) is 9.97 Å². The molecule has 1 aromatic heterocycles. The molecule has 0 spiro atoms. The van der Waals surface area contributed by atoms with E-state index in [2.05, 4.69) is 53.5 Å². The van der Waals surface area contributed by atoms with E-state index in [1.54, 1.807) is 6.07 Å². The van der Waals surface area contributed by atoms with E-state index in [-0.39, 0.29) is 11.2 Å². The molecule has 0 unspecified atom stereocenters. The van der Waals surface area contributed by atoms with Crippen molar-refractivity contribution in [3.63, 3.8) is 0 Å². The minimum absolute atomic E-state index is 0.126. The summed E-state index contributed by atoms with van der Waals surface area (Å²) >= 11 is 0. The van der Waals surface area contributed by atoms with Gasteiger partial charge in [0, 0.05) is 18.3 Å². The SMILES string of the molecule is CC(C)(C)c1ccc(Nc2cc(NCc3cccc(F)c3)ncn2)cc1. The number of anilines is 3. The second kappa shape index (κ2) is 7.52. The van der Waals surface area contributed by atoms with E-state index in [0.717, 1.165) is 11.3 Å². The fourth-order valence-corrected chi connectivity index (χ4v) is 2.56. The summed E-state index contributed by atoms with van der Waals surface area (Å²) in [5.41, 5.74) is 3.23. The van der Waals surface area contributed by atoms with Gasteiger partial charge < -0.3 is 10.6 Å². The van der Waals surface area contributed by atoms with Crippen LogP contribution >= 0.6 is 0 Å². The first-order valence-corrected chi connectivity index (χ1v) is 8.58. The smallest absolute Gasteiger partial charge is 0.135 e. The van der Waals surface area contributed by atoms with Crippen molar-refractivity contribution in [2.75, 3.05) is 10.6 Å². The van der Waals surface area contributed by atoms with Gasteiger partial charge in [-0.05, 0) is 40.8 Å². The largest absolute Gasteiger partial charge is 0.366 e. The van der Waals surface area contributed by atoms with Gasteiger partial charge >= 0.3 is 0 Å². The van der Waals surface area contributed by atoms with E-state index in [4.69, 9.17) is 0 Å². The average Bonchev–Trinajstić information content (AvgIpc) is 2.60. The first-order chi connectivity index (χ1) is 12.4. The predicted molar refractivity (Wildman–Crippen MR) is 104 cm³/mol. The van der Waals surface area contributed by atoms with Gasteiger partial charge in [-0.3, -0.25) is 0 Å². The zero-order valence-electron chi connectivity index (χ0n) is 15.3. The first kappa shape index (κ1) is 17.9. The molecule has 0 fully saturated rings. The van der Waals surface area contributed by atoms with Crippen molar-refractivity contribution in [3.8, 4) is 0 Å². The Balaban J connectivity index is 1.65. The highest BCUT2D eigenvalue weighted by Crippen LogP contribution is 2.24. The second-order valence-corrected chi connectivity index (χ2v) is 7.22. The molecule has 2 aromatic carbocycles. The summed E-state index contributed by atoms with van der Waals surface area (Å²) < 4.78 is 13.2. The number of aromatic nitrogens is 2. The molecule has 0 atom stereocenters. The van der Waals surface area contributed by atoms with Gasteiger partial charge in [-0.25, -0.2) is 14.4 Å². The third kappa shape index (κ3) is 4.79. The number of nitrogens with one attached hydrogen (secondary N) is 2. The topological polar surface area (TPSA) is 49.8 Å². The Morgan fingerprint density at radius 3 is 2.35 bits per heavy atom. The predicted octanol–water partition coefficient (Wildman–Crippen LogP) is 5.27. The maximum absolute atomic E-state index is 13.2. The number of benzene rings is 2.